The topological polar surface area (TPSA) is 8.17 Å². The van der Waals surface area contributed by atoms with Crippen LogP contribution in [0.15, 0.2) is 231 Å². The van der Waals surface area contributed by atoms with Crippen molar-refractivity contribution in [1.29, 1.82) is 0 Å². The average molecular weight is 739 g/mol. The molecule has 11 aromatic rings. The van der Waals surface area contributed by atoms with Crippen LogP contribution >= 0.6 is 0 Å². The highest BCUT2D eigenvalue weighted by molar-refractivity contribution is 6.19. The lowest BCUT2D eigenvalue weighted by molar-refractivity contribution is 1.19. The van der Waals surface area contributed by atoms with E-state index in [9.17, 15) is 0 Å². The number of nitrogens with zero attached hydrogens (tertiary/aromatic N) is 2. The molecule has 0 amide bonds. The van der Waals surface area contributed by atoms with E-state index in [1.165, 1.54) is 76.7 Å². The van der Waals surface area contributed by atoms with E-state index in [0.717, 1.165) is 22.7 Å². The van der Waals surface area contributed by atoms with Gasteiger partial charge in [-0.15, -0.1) is 0 Å². The summed E-state index contributed by atoms with van der Waals surface area (Å²) >= 11 is 0. The second kappa shape index (κ2) is 14.1. The monoisotopic (exact) mass is 738 g/mol. The van der Waals surface area contributed by atoms with Crippen molar-refractivity contribution in [1.82, 2.24) is 4.57 Å². The maximum Gasteiger partial charge on any atom is 0.0619 e. The predicted molar refractivity (Wildman–Crippen MR) is 247 cm³/mol. The number of aromatic nitrogens is 1. The van der Waals surface area contributed by atoms with Crippen molar-refractivity contribution in [3.05, 3.63) is 231 Å². The van der Waals surface area contributed by atoms with Crippen LogP contribution in [0.3, 0.4) is 0 Å². The van der Waals surface area contributed by atoms with Crippen molar-refractivity contribution < 1.29 is 0 Å². The Balaban J connectivity index is 1.09. The molecule has 2 heteroatoms. The molecule has 0 saturated carbocycles. The third kappa shape index (κ3) is 5.74. The first kappa shape index (κ1) is 33.6. The molecule has 0 atom stereocenters. The van der Waals surface area contributed by atoms with E-state index < -0.39 is 0 Å². The van der Waals surface area contributed by atoms with Crippen LogP contribution in [0.2, 0.25) is 0 Å². The maximum absolute atomic E-state index is 2.45. The molecule has 0 aliphatic rings. The van der Waals surface area contributed by atoms with Gasteiger partial charge in [0.05, 0.1) is 16.7 Å². The minimum Gasteiger partial charge on any atom is -0.310 e. The van der Waals surface area contributed by atoms with Crippen molar-refractivity contribution >= 4 is 60.4 Å². The molecule has 0 saturated heterocycles. The summed E-state index contributed by atoms with van der Waals surface area (Å²) < 4.78 is 2.45. The Labute approximate surface area is 338 Å². The first-order valence-corrected chi connectivity index (χ1v) is 19.9. The molecule has 11 rings (SSSR count). The Morgan fingerprint density at radius 2 is 0.810 bits per heavy atom. The highest BCUT2D eigenvalue weighted by Crippen LogP contribution is 2.44. The summed E-state index contributed by atoms with van der Waals surface area (Å²) in [7, 11) is 0. The molecule has 0 N–H and O–H groups in total. The Hall–Kier alpha value is -7.68. The van der Waals surface area contributed by atoms with Gasteiger partial charge in [-0.2, -0.15) is 0 Å². The fraction of sp³-hybridized carbons (Fsp3) is 0. The van der Waals surface area contributed by atoms with Gasteiger partial charge in [0.2, 0.25) is 0 Å². The summed E-state index contributed by atoms with van der Waals surface area (Å²) in [6, 6.07) is 83.6. The fourth-order valence-electron chi connectivity index (χ4n) is 8.82. The Bertz CT molecular complexity index is 3150. The van der Waals surface area contributed by atoms with Crippen molar-refractivity contribution in [2.45, 2.75) is 0 Å². The summed E-state index contributed by atoms with van der Waals surface area (Å²) in [6.07, 6.45) is 0. The van der Waals surface area contributed by atoms with Crippen molar-refractivity contribution in [2.24, 2.45) is 0 Å². The zero-order chi connectivity index (χ0) is 38.4. The quantitative estimate of drug-likeness (QED) is 0.158. The molecule has 0 radical (unpaired) electrons. The van der Waals surface area contributed by atoms with E-state index in [-0.39, 0.29) is 0 Å². The van der Waals surface area contributed by atoms with E-state index in [2.05, 4.69) is 240 Å². The van der Waals surface area contributed by atoms with Gasteiger partial charge < -0.3 is 9.47 Å². The summed E-state index contributed by atoms with van der Waals surface area (Å²) in [5.74, 6) is 0. The Kier molecular flexibility index (Phi) is 8.19. The number of anilines is 3. The highest BCUT2D eigenvalue weighted by atomic mass is 15.1. The maximum atomic E-state index is 2.45. The second-order valence-electron chi connectivity index (χ2n) is 14.9. The van der Waals surface area contributed by atoms with Gasteiger partial charge in [0.1, 0.15) is 0 Å². The molecule has 58 heavy (non-hydrogen) atoms. The number of fused-ring (bicyclic) bond motifs is 6. The normalized spacial score (nSPS) is 11.4. The minimum absolute atomic E-state index is 1.10. The zero-order valence-corrected chi connectivity index (χ0v) is 31.8. The van der Waals surface area contributed by atoms with Gasteiger partial charge in [0, 0.05) is 38.6 Å². The Morgan fingerprint density at radius 1 is 0.310 bits per heavy atom. The molecule has 2 nitrogen and oxygen atoms in total. The van der Waals surface area contributed by atoms with Gasteiger partial charge in [0.25, 0.3) is 0 Å². The number of hydrogen-bond donors (Lipinski definition) is 0. The van der Waals surface area contributed by atoms with Crippen LogP contribution < -0.4 is 4.90 Å². The van der Waals surface area contributed by atoms with Crippen LogP contribution in [0.5, 0.6) is 0 Å². The second-order valence-corrected chi connectivity index (χ2v) is 14.9. The van der Waals surface area contributed by atoms with Crippen molar-refractivity contribution in [3.8, 4) is 39.1 Å². The number of benzene rings is 10. The molecular weight excluding hydrogens is 701 g/mol. The summed E-state index contributed by atoms with van der Waals surface area (Å²) in [5, 5.41) is 7.40. The van der Waals surface area contributed by atoms with Gasteiger partial charge in [-0.1, -0.05) is 182 Å². The lowest BCUT2D eigenvalue weighted by Crippen LogP contribution is -2.10. The first-order valence-electron chi connectivity index (χ1n) is 19.9. The molecule has 0 bridgehead atoms. The van der Waals surface area contributed by atoms with Crippen LogP contribution in [0.25, 0.3) is 82.4 Å². The van der Waals surface area contributed by atoms with E-state index in [4.69, 9.17) is 0 Å². The summed E-state index contributed by atoms with van der Waals surface area (Å²) in [5.41, 5.74) is 14.1. The smallest absolute Gasteiger partial charge is 0.0619 e. The van der Waals surface area contributed by atoms with E-state index >= 15 is 0 Å². The van der Waals surface area contributed by atoms with Crippen LogP contribution in [0.1, 0.15) is 0 Å². The Morgan fingerprint density at radius 3 is 1.45 bits per heavy atom. The van der Waals surface area contributed by atoms with Crippen molar-refractivity contribution in [2.75, 3.05) is 4.90 Å². The van der Waals surface area contributed by atoms with Crippen LogP contribution in [-0.2, 0) is 0 Å². The number of hydrogen-bond acceptors (Lipinski definition) is 1. The van der Waals surface area contributed by atoms with Crippen LogP contribution in [-0.4, -0.2) is 4.57 Å². The lowest BCUT2D eigenvalue weighted by Gasteiger charge is -2.28. The van der Waals surface area contributed by atoms with Gasteiger partial charge in [-0.3, -0.25) is 0 Å². The summed E-state index contributed by atoms with van der Waals surface area (Å²) in [4.78, 5) is 2.40. The van der Waals surface area contributed by atoms with E-state index in [1.807, 2.05) is 0 Å². The van der Waals surface area contributed by atoms with E-state index in [1.54, 1.807) is 0 Å². The van der Waals surface area contributed by atoms with Gasteiger partial charge in [-0.25, -0.2) is 0 Å². The molecule has 272 valence electrons. The lowest BCUT2D eigenvalue weighted by atomic mass is 9.95. The largest absolute Gasteiger partial charge is 0.310 e. The van der Waals surface area contributed by atoms with E-state index in [0.29, 0.717) is 0 Å². The van der Waals surface area contributed by atoms with Gasteiger partial charge >= 0.3 is 0 Å². The third-order valence-corrected chi connectivity index (χ3v) is 11.6. The standard InChI is InChI=1S/C56H38N2/c1-4-14-39(15-5-1)41-24-30-46(31-25-41)57(47-32-26-42(27-33-47)40-16-6-2-7-17-40)54-37-36-48(50-22-12-13-23-51(50)54)44-29-34-52-53-35-28-43-18-10-11-21-49(43)56(53)58(55(52)38-44)45-19-8-3-9-20-45/h1-38H. The number of rotatable bonds is 7. The van der Waals surface area contributed by atoms with Gasteiger partial charge in [0.15, 0.2) is 0 Å². The third-order valence-electron chi connectivity index (χ3n) is 11.6. The SMILES string of the molecule is c1ccc(-c2ccc(N(c3ccc(-c4ccccc4)cc3)c3ccc(-c4ccc5c6ccc7ccccc7c6n(-c6ccccc6)c5c4)c4ccccc34)cc2)cc1. The molecule has 0 unspecified atom stereocenters. The molecule has 0 aliphatic heterocycles. The zero-order valence-electron chi connectivity index (χ0n) is 31.8. The van der Waals surface area contributed by atoms with Crippen LogP contribution in [0.4, 0.5) is 17.1 Å². The molecule has 1 aromatic heterocycles. The molecule has 0 aliphatic carbocycles. The molecule has 0 spiro atoms. The minimum atomic E-state index is 1.10. The molecular formula is C56H38N2. The highest BCUT2D eigenvalue weighted by Gasteiger charge is 2.20. The molecule has 0 fully saturated rings. The first-order chi connectivity index (χ1) is 28.8. The van der Waals surface area contributed by atoms with Crippen LogP contribution in [0, 0.1) is 0 Å². The number of para-hydroxylation sites is 1. The molecule has 1 heterocycles. The van der Waals surface area contributed by atoms with Gasteiger partial charge in [-0.05, 0) is 92.7 Å². The summed E-state index contributed by atoms with van der Waals surface area (Å²) in [6.45, 7) is 0. The average Bonchev–Trinajstić information content (AvgIpc) is 3.65. The fourth-order valence-corrected chi connectivity index (χ4v) is 8.82. The predicted octanol–water partition coefficient (Wildman–Crippen LogP) is 15.6. The molecule has 10 aromatic carbocycles. The van der Waals surface area contributed by atoms with Crippen molar-refractivity contribution in [3.63, 3.8) is 0 Å².